The molecule has 0 bridgehead atoms. The second-order valence-electron chi connectivity index (χ2n) is 4.03. The van der Waals surface area contributed by atoms with Gasteiger partial charge in [-0.2, -0.15) is 0 Å². The van der Waals surface area contributed by atoms with Gasteiger partial charge < -0.3 is 0 Å². The number of hydrogen-bond donors (Lipinski definition) is 0. The largest absolute Gasteiger partial charge is 0.242 e. The maximum atomic E-state index is 4.47. The van der Waals surface area contributed by atoms with Crippen molar-refractivity contribution >= 4 is 11.3 Å². The summed E-state index contributed by atoms with van der Waals surface area (Å²) in [5.41, 5.74) is 3.68. The molecule has 78 valence electrons. The average molecular weight is 217 g/mol. The van der Waals surface area contributed by atoms with Gasteiger partial charge in [0.1, 0.15) is 0 Å². The Morgan fingerprint density at radius 2 is 1.80 bits per heavy atom. The molecule has 1 aromatic heterocycles. The Morgan fingerprint density at radius 1 is 1.13 bits per heavy atom. The zero-order valence-corrected chi connectivity index (χ0v) is 10.1. The fourth-order valence-corrected chi connectivity index (χ4v) is 2.16. The van der Waals surface area contributed by atoms with Gasteiger partial charge in [-0.15, -0.1) is 11.3 Å². The molecule has 0 unspecified atom stereocenters. The van der Waals surface area contributed by atoms with E-state index in [0.29, 0.717) is 5.92 Å². The molecular formula is C13H15NS. The lowest BCUT2D eigenvalue weighted by atomic mass is 10.0. The molecule has 15 heavy (non-hydrogen) atoms. The van der Waals surface area contributed by atoms with E-state index in [9.17, 15) is 0 Å². The molecular weight excluding hydrogens is 202 g/mol. The van der Waals surface area contributed by atoms with E-state index >= 15 is 0 Å². The smallest absolute Gasteiger partial charge is 0.0901 e. The quantitative estimate of drug-likeness (QED) is 0.733. The topological polar surface area (TPSA) is 12.9 Å². The molecule has 0 N–H and O–H groups in total. The standard InChI is InChI=1S/C13H15NS/c1-9(2)11-4-6-12(7-5-11)13-8-15-10(3)14-13/h4-9H,1-3H3. The van der Waals surface area contributed by atoms with Crippen LogP contribution < -0.4 is 0 Å². The average Bonchev–Trinajstić information content (AvgIpc) is 2.65. The molecule has 2 heteroatoms. The molecule has 0 aliphatic carbocycles. The second kappa shape index (κ2) is 4.15. The Labute approximate surface area is 94.8 Å². The predicted octanol–water partition coefficient (Wildman–Crippen LogP) is 4.24. The highest BCUT2D eigenvalue weighted by molar-refractivity contribution is 7.09. The predicted molar refractivity (Wildman–Crippen MR) is 66.4 cm³/mol. The van der Waals surface area contributed by atoms with Gasteiger partial charge >= 0.3 is 0 Å². The maximum Gasteiger partial charge on any atom is 0.0901 e. The number of rotatable bonds is 2. The number of thiazole rings is 1. The molecule has 2 rings (SSSR count). The van der Waals surface area contributed by atoms with Gasteiger partial charge in [-0.25, -0.2) is 4.98 Å². The van der Waals surface area contributed by atoms with Crippen LogP contribution in [0.3, 0.4) is 0 Å². The van der Waals surface area contributed by atoms with Crippen molar-refractivity contribution in [1.82, 2.24) is 4.98 Å². The first-order valence-corrected chi connectivity index (χ1v) is 6.07. The first-order valence-electron chi connectivity index (χ1n) is 5.19. The highest BCUT2D eigenvalue weighted by Gasteiger charge is 2.03. The van der Waals surface area contributed by atoms with Gasteiger partial charge in [0.2, 0.25) is 0 Å². The number of benzene rings is 1. The van der Waals surface area contributed by atoms with Gasteiger partial charge in [0, 0.05) is 10.9 Å². The Morgan fingerprint density at radius 3 is 2.27 bits per heavy atom. The van der Waals surface area contributed by atoms with Crippen LogP contribution in [0.4, 0.5) is 0 Å². The summed E-state index contributed by atoms with van der Waals surface area (Å²) in [6.45, 7) is 6.46. The Kier molecular flexibility index (Phi) is 2.87. The third-order valence-corrected chi connectivity index (χ3v) is 3.27. The number of aryl methyl sites for hydroxylation is 1. The Balaban J connectivity index is 2.31. The van der Waals surface area contributed by atoms with E-state index in [-0.39, 0.29) is 0 Å². The van der Waals surface area contributed by atoms with E-state index in [1.807, 2.05) is 6.92 Å². The molecule has 0 aliphatic heterocycles. The first kappa shape index (κ1) is 10.4. The lowest BCUT2D eigenvalue weighted by molar-refractivity contribution is 0.867. The second-order valence-corrected chi connectivity index (χ2v) is 5.09. The van der Waals surface area contributed by atoms with Crippen molar-refractivity contribution in [3.05, 3.63) is 40.2 Å². The van der Waals surface area contributed by atoms with Crippen molar-refractivity contribution in [1.29, 1.82) is 0 Å². The van der Waals surface area contributed by atoms with Crippen molar-refractivity contribution in [2.45, 2.75) is 26.7 Å². The van der Waals surface area contributed by atoms with Crippen molar-refractivity contribution in [2.75, 3.05) is 0 Å². The lowest BCUT2D eigenvalue weighted by Gasteiger charge is -2.05. The number of hydrogen-bond acceptors (Lipinski definition) is 2. The van der Waals surface area contributed by atoms with Crippen molar-refractivity contribution in [2.24, 2.45) is 0 Å². The molecule has 2 aromatic rings. The van der Waals surface area contributed by atoms with Gasteiger partial charge in [0.25, 0.3) is 0 Å². The van der Waals surface area contributed by atoms with Crippen LogP contribution >= 0.6 is 11.3 Å². The monoisotopic (exact) mass is 217 g/mol. The summed E-state index contributed by atoms with van der Waals surface area (Å²) in [4.78, 5) is 4.47. The van der Waals surface area contributed by atoms with Crippen molar-refractivity contribution in [3.63, 3.8) is 0 Å². The zero-order valence-electron chi connectivity index (χ0n) is 9.32. The highest BCUT2D eigenvalue weighted by Crippen LogP contribution is 2.23. The van der Waals surface area contributed by atoms with Crippen molar-refractivity contribution in [3.8, 4) is 11.3 Å². The SMILES string of the molecule is Cc1nc(-c2ccc(C(C)C)cc2)cs1. The highest BCUT2D eigenvalue weighted by atomic mass is 32.1. The summed E-state index contributed by atoms with van der Waals surface area (Å²) < 4.78 is 0. The van der Waals surface area contributed by atoms with Gasteiger partial charge in [0.05, 0.1) is 10.7 Å². The minimum atomic E-state index is 0.594. The molecule has 1 aromatic carbocycles. The summed E-state index contributed by atoms with van der Waals surface area (Å²) in [6.07, 6.45) is 0. The fourth-order valence-electron chi connectivity index (χ4n) is 1.53. The van der Waals surface area contributed by atoms with Crippen LogP contribution in [0.2, 0.25) is 0 Å². The molecule has 1 nitrogen and oxygen atoms in total. The molecule has 0 spiro atoms. The fraction of sp³-hybridized carbons (Fsp3) is 0.308. The van der Waals surface area contributed by atoms with Crippen LogP contribution in [0.1, 0.15) is 30.3 Å². The number of aromatic nitrogens is 1. The van der Waals surface area contributed by atoms with E-state index in [1.54, 1.807) is 11.3 Å². The summed E-state index contributed by atoms with van der Waals surface area (Å²) >= 11 is 1.70. The summed E-state index contributed by atoms with van der Waals surface area (Å²) in [7, 11) is 0. The van der Waals surface area contributed by atoms with Crippen LogP contribution in [-0.2, 0) is 0 Å². The summed E-state index contributed by atoms with van der Waals surface area (Å²) in [6, 6.07) is 8.69. The summed E-state index contributed by atoms with van der Waals surface area (Å²) in [5, 5.41) is 3.23. The molecule has 0 radical (unpaired) electrons. The minimum absolute atomic E-state index is 0.594. The minimum Gasteiger partial charge on any atom is -0.242 e. The first-order chi connectivity index (χ1) is 7.16. The van der Waals surface area contributed by atoms with Gasteiger partial charge in [-0.1, -0.05) is 38.1 Å². The third-order valence-electron chi connectivity index (χ3n) is 2.49. The van der Waals surface area contributed by atoms with Crippen LogP contribution in [0.5, 0.6) is 0 Å². The van der Waals surface area contributed by atoms with Gasteiger partial charge in [-0.3, -0.25) is 0 Å². The zero-order chi connectivity index (χ0) is 10.8. The van der Waals surface area contributed by atoms with Crippen LogP contribution in [0.25, 0.3) is 11.3 Å². The lowest BCUT2D eigenvalue weighted by Crippen LogP contribution is -1.86. The van der Waals surface area contributed by atoms with E-state index in [4.69, 9.17) is 0 Å². The summed E-state index contributed by atoms with van der Waals surface area (Å²) in [5.74, 6) is 0.594. The Bertz CT molecular complexity index is 440. The van der Waals surface area contributed by atoms with Gasteiger partial charge in [-0.05, 0) is 18.4 Å². The van der Waals surface area contributed by atoms with Crippen molar-refractivity contribution < 1.29 is 0 Å². The number of nitrogens with zero attached hydrogens (tertiary/aromatic N) is 1. The molecule has 0 fully saturated rings. The van der Waals surface area contributed by atoms with E-state index in [2.05, 4.69) is 48.5 Å². The van der Waals surface area contributed by atoms with Gasteiger partial charge in [0.15, 0.2) is 0 Å². The van der Waals surface area contributed by atoms with Crippen LogP contribution in [-0.4, -0.2) is 4.98 Å². The Hall–Kier alpha value is -1.15. The molecule has 1 heterocycles. The molecule has 0 aliphatic rings. The molecule has 0 atom stereocenters. The third kappa shape index (κ3) is 2.26. The molecule has 0 amide bonds. The van der Waals surface area contributed by atoms with Crippen LogP contribution in [0, 0.1) is 6.92 Å². The van der Waals surface area contributed by atoms with Crippen LogP contribution in [0.15, 0.2) is 29.6 Å². The van der Waals surface area contributed by atoms with E-state index in [0.717, 1.165) is 10.7 Å². The maximum absolute atomic E-state index is 4.47. The van der Waals surface area contributed by atoms with E-state index < -0.39 is 0 Å². The normalized spacial score (nSPS) is 10.9. The van der Waals surface area contributed by atoms with E-state index in [1.165, 1.54) is 11.1 Å². The molecule has 0 saturated heterocycles. The molecule has 0 saturated carbocycles.